The molecule has 21 heavy (non-hydrogen) atoms. The molecule has 112 valence electrons. The van der Waals surface area contributed by atoms with Crippen LogP contribution in [0, 0.1) is 18.8 Å². The van der Waals surface area contributed by atoms with Crippen molar-refractivity contribution in [3.8, 4) is 11.8 Å². The standard InChI is InChI=1S/C17H22N2O2/c1-14-6-7-16(13-15(14)5-4-12-20)17(21)18-8-11-19-9-2-3-10-19/h6-7,13,20H,2-3,8-12H2,1H3,(H,18,21). The number of nitrogens with one attached hydrogen (secondary N) is 1. The number of hydrogen-bond acceptors (Lipinski definition) is 3. The van der Waals surface area contributed by atoms with Crippen LogP contribution < -0.4 is 5.32 Å². The highest BCUT2D eigenvalue weighted by Gasteiger charge is 2.12. The van der Waals surface area contributed by atoms with E-state index < -0.39 is 0 Å². The van der Waals surface area contributed by atoms with Crippen LogP contribution in [-0.4, -0.2) is 48.7 Å². The van der Waals surface area contributed by atoms with Crippen LogP contribution in [-0.2, 0) is 0 Å². The highest BCUT2D eigenvalue weighted by molar-refractivity contribution is 5.94. The summed E-state index contributed by atoms with van der Waals surface area (Å²) in [5.74, 6) is 5.42. The topological polar surface area (TPSA) is 52.6 Å². The van der Waals surface area contributed by atoms with E-state index in [1.807, 2.05) is 19.1 Å². The molecule has 0 unspecified atom stereocenters. The number of hydrogen-bond donors (Lipinski definition) is 2. The van der Waals surface area contributed by atoms with Gasteiger partial charge < -0.3 is 15.3 Å². The second kappa shape index (κ2) is 7.82. The Hall–Kier alpha value is -1.83. The maximum absolute atomic E-state index is 12.1. The summed E-state index contributed by atoms with van der Waals surface area (Å²) in [6.45, 7) is 5.63. The molecule has 2 N–H and O–H groups in total. The summed E-state index contributed by atoms with van der Waals surface area (Å²) >= 11 is 0. The minimum absolute atomic E-state index is 0.0683. The molecule has 1 aromatic rings. The van der Waals surface area contributed by atoms with Crippen molar-refractivity contribution in [3.05, 3.63) is 34.9 Å². The minimum atomic E-state index is -0.175. The Balaban J connectivity index is 1.92. The molecule has 0 aromatic heterocycles. The van der Waals surface area contributed by atoms with Gasteiger partial charge in [0.05, 0.1) is 0 Å². The summed E-state index contributed by atoms with van der Waals surface area (Å²) in [7, 11) is 0. The lowest BCUT2D eigenvalue weighted by Crippen LogP contribution is -2.33. The lowest BCUT2D eigenvalue weighted by molar-refractivity contribution is 0.0949. The van der Waals surface area contributed by atoms with Gasteiger partial charge in [-0.05, 0) is 50.6 Å². The van der Waals surface area contributed by atoms with E-state index in [1.54, 1.807) is 6.07 Å². The van der Waals surface area contributed by atoms with Crippen LogP contribution in [0.2, 0.25) is 0 Å². The average Bonchev–Trinajstić information content (AvgIpc) is 2.99. The van der Waals surface area contributed by atoms with Gasteiger partial charge in [-0.2, -0.15) is 0 Å². The Kier molecular flexibility index (Phi) is 5.79. The first-order valence-corrected chi connectivity index (χ1v) is 7.41. The first kappa shape index (κ1) is 15.6. The largest absolute Gasteiger partial charge is 0.384 e. The molecule has 1 fully saturated rings. The number of nitrogens with zero attached hydrogens (tertiary/aromatic N) is 1. The van der Waals surface area contributed by atoms with E-state index in [0.29, 0.717) is 12.1 Å². The molecule has 2 rings (SSSR count). The van der Waals surface area contributed by atoms with Crippen molar-refractivity contribution >= 4 is 5.91 Å². The van der Waals surface area contributed by atoms with Crippen molar-refractivity contribution in [1.29, 1.82) is 0 Å². The summed E-state index contributed by atoms with van der Waals surface area (Å²) in [6.07, 6.45) is 2.53. The van der Waals surface area contributed by atoms with E-state index in [9.17, 15) is 4.79 Å². The summed E-state index contributed by atoms with van der Waals surface area (Å²) in [5, 5.41) is 11.7. The van der Waals surface area contributed by atoms with E-state index in [1.165, 1.54) is 12.8 Å². The van der Waals surface area contributed by atoms with Crippen molar-refractivity contribution in [3.63, 3.8) is 0 Å². The quantitative estimate of drug-likeness (QED) is 0.817. The molecule has 0 bridgehead atoms. The van der Waals surface area contributed by atoms with Crippen LogP contribution in [0.5, 0.6) is 0 Å². The fourth-order valence-corrected chi connectivity index (χ4v) is 2.47. The second-order valence-electron chi connectivity index (χ2n) is 5.29. The molecular weight excluding hydrogens is 264 g/mol. The van der Waals surface area contributed by atoms with E-state index in [4.69, 9.17) is 5.11 Å². The maximum Gasteiger partial charge on any atom is 0.251 e. The summed E-state index contributed by atoms with van der Waals surface area (Å²) in [4.78, 5) is 14.5. The minimum Gasteiger partial charge on any atom is -0.384 e. The SMILES string of the molecule is Cc1ccc(C(=O)NCCN2CCCC2)cc1C#CCO. The molecule has 1 aliphatic heterocycles. The molecule has 4 nitrogen and oxygen atoms in total. The fourth-order valence-electron chi connectivity index (χ4n) is 2.47. The van der Waals surface area contributed by atoms with Crippen molar-refractivity contribution in [1.82, 2.24) is 10.2 Å². The molecule has 0 aliphatic carbocycles. The number of aliphatic hydroxyl groups is 1. The van der Waals surface area contributed by atoms with Crippen molar-refractivity contribution in [2.45, 2.75) is 19.8 Å². The van der Waals surface area contributed by atoms with Crippen LogP contribution in [0.1, 0.15) is 34.3 Å². The monoisotopic (exact) mass is 286 g/mol. The van der Waals surface area contributed by atoms with Gasteiger partial charge in [-0.15, -0.1) is 0 Å². The van der Waals surface area contributed by atoms with Gasteiger partial charge in [0.25, 0.3) is 5.91 Å². The van der Waals surface area contributed by atoms with Crippen LogP contribution >= 0.6 is 0 Å². The van der Waals surface area contributed by atoms with Crippen molar-refractivity contribution < 1.29 is 9.90 Å². The zero-order valence-electron chi connectivity index (χ0n) is 12.5. The molecule has 0 atom stereocenters. The fraction of sp³-hybridized carbons (Fsp3) is 0.471. The predicted octanol–water partition coefficient (Wildman–Crippen LogP) is 1.16. The highest BCUT2D eigenvalue weighted by Crippen LogP contribution is 2.10. The predicted molar refractivity (Wildman–Crippen MR) is 83.2 cm³/mol. The lowest BCUT2D eigenvalue weighted by Gasteiger charge is -2.14. The van der Waals surface area contributed by atoms with Crippen LogP contribution in [0.4, 0.5) is 0 Å². The number of amides is 1. The van der Waals surface area contributed by atoms with E-state index in [-0.39, 0.29) is 12.5 Å². The lowest BCUT2D eigenvalue weighted by atomic mass is 10.0. The average molecular weight is 286 g/mol. The van der Waals surface area contributed by atoms with Gasteiger partial charge in [-0.3, -0.25) is 4.79 Å². The molecule has 1 aromatic carbocycles. The molecule has 1 saturated heterocycles. The van der Waals surface area contributed by atoms with Gasteiger partial charge in [-0.1, -0.05) is 17.9 Å². The van der Waals surface area contributed by atoms with Gasteiger partial charge in [-0.25, -0.2) is 0 Å². The zero-order valence-corrected chi connectivity index (χ0v) is 12.5. The van der Waals surface area contributed by atoms with Gasteiger partial charge in [0, 0.05) is 24.2 Å². The van der Waals surface area contributed by atoms with Crippen LogP contribution in [0.15, 0.2) is 18.2 Å². The third-order valence-electron chi connectivity index (χ3n) is 3.71. The molecule has 1 heterocycles. The van der Waals surface area contributed by atoms with Gasteiger partial charge in [0.1, 0.15) is 6.61 Å². The summed E-state index contributed by atoms with van der Waals surface area (Å²) in [5.41, 5.74) is 2.41. The molecular formula is C17H22N2O2. The number of rotatable bonds is 4. The Labute approximate surface area is 126 Å². The Morgan fingerprint density at radius 1 is 1.38 bits per heavy atom. The third kappa shape index (κ3) is 4.59. The first-order valence-electron chi connectivity index (χ1n) is 7.41. The van der Waals surface area contributed by atoms with E-state index in [0.717, 1.165) is 30.8 Å². The smallest absolute Gasteiger partial charge is 0.251 e. The van der Waals surface area contributed by atoms with E-state index >= 15 is 0 Å². The molecule has 4 heteroatoms. The van der Waals surface area contributed by atoms with Crippen molar-refractivity contribution in [2.24, 2.45) is 0 Å². The maximum atomic E-state index is 12.1. The third-order valence-corrected chi connectivity index (χ3v) is 3.71. The zero-order chi connectivity index (χ0) is 15.1. The van der Waals surface area contributed by atoms with Crippen LogP contribution in [0.3, 0.4) is 0 Å². The molecule has 0 saturated carbocycles. The van der Waals surface area contributed by atoms with Crippen LogP contribution in [0.25, 0.3) is 0 Å². The van der Waals surface area contributed by atoms with Crippen molar-refractivity contribution in [2.75, 3.05) is 32.8 Å². The van der Waals surface area contributed by atoms with Gasteiger partial charge in [0.15, 0.2) is 0 Å². The molecule has 0 radical (unpaired) electrons. The Morgan fingerprint density at radius 3 is 2.86 bits per heavy atom. The first-order chi connectivity index (χ1) is 10.2. The number of aryl methyl sites for hydroxylation is 1. The molecule has 1 amide bonds. The summed E-state index contributed by atoms with van der Waals surface area (Å²) < 4.78 is 0. The molecule has 0 spiro atoms. The Morgan fingerprint density at radius 2 is 2.14 bits per heavy atom. The number of carbonyl (C=O) groups is 1. The summed E-state index contributed by atoms with van der Waals surface area (Å²) in [6, 6.07) is 5.48. The van der Waals surface area contributed by atoms with Gasteiger partial charge in [0.2, 0.25) is 0 Å². The number of carbonyl (C=O) groups excluding carboxylic acids is 1. The Bertz CT molecular complexity index is 552. The van der Waals surface area contributed by atoms with Gasteiger partial charge >= 0.3 is 0 Å². The molecule has 1 aliphatic rings. The number of likely N-dealkylation sites (tertiary alicyclic amines) is 1. The van der Waals surface area contributed by atoms with E-state index in [2.05, 4.69) is 22.1 Å². The number of aliphatic hydroxyl groups excluding tert-OH is 1. The highest BCUT2D eigenvalue weighted by atomic mass is 16.2. The number of benzene rings is 1. The normalized spacial score (nSPS) is 14.6. The second-order valence-corrected chi connectivity index (χ2v) is 5.29.